The number of nitriles is 1. The van der Waals surface area contributed by atoms with E-state index in [1.165, 1.54) is 22.3 Å². The Balaban J connectivity index is 1.26. The van der Waals surface area contributed by atoms with E-state index in [9.17, 15) is 10.1 Å². The third-order valence-corrected chi connectivity index (χ3v) is 6.56. The fraction of sp³-hybridized carbons (Fsp3) is 0.259. The van der Waals surface area contributed by atoms with Gasteiger partial charge in [-0.3, -0.25) is 9.69 Å². The summed E-state index contributed by atoms with van der Waals surface area (Å²) in [7, 11) is 1.63. The molecule has 0 saturated carbocycles. The molecule has 0 spiro atoms. The number of benzene rings is 3. The molecule has 1 unspecified atom stereocenters. The van der Waals surface area contributed by atoms with Crippen molar-refractivity contribution in [3.05, 3.63) is 89.0 Å². The van der Waals surface area contributed by atoms with Crippen LogP contribution in [-0.4, -0.2) is 49.0 Å². The molecule has 0 aromatic heterocycles. The van der Waals surface area contributed by atoms with E-state index in [1.807, 2.05) is 35.2 Å². The zero-order chi connectivity index (χ0) is 22.1. The zero-order valence-corrected chi connectivity index (χ0v) is 18.1. The molecule has 2 aliphatic rings. The summed E-state index contributed by atoms with van der Waals surface area (Å²) in [5.74, 6) is 0.847. The maximum absolute atomic E-state index is 13.2. The fourth-order valence-electron chi connectivity index (χ4n) is 4.80. The Morgan fingerprint density at radius 1 is 0.938 bits per heavy atom. The summed E-state index contributed by atoms with van der Waals surface area (Å²) in [6.07, 6.45) is 0.881. The van der Waals surface area contributed by atoms with Crippen LogP contribution in [0.3, 0.4) is 0 Å². The van der Waals surface area contributed by atoms with Crippen LogP contribution in [0.1, 0.15) is 33.1 Å². The van der Waals surface area contributed by atoms with Crippen LogP contribution in [0.2, 0.25) is 0 Å². The second kappa shape index (κ2) is 8.49. The van der Waals surface area contributed by atoms with Crippen molar-refractivity contribution in [1.29, 1.82) is 5.26 Å². The fourth-order valence-corrected chi connectivity index (χ4v) is 4.80. The van der Waals surface area contributed by atoms with Crippen molar-refractivity contribution in [1.82, 2.24) is 9.80 Å². The first kappa shape index (κ1) is 20.3. The van der Waals surface area contributed by atoms with E-state index in [4.69, 9.17) is 4.74 Å². The van der Waals surface area contributed by atoms with Gasteiger partial charge in [-0.1, -0.05) is 42.5 Å². The Bertz CT molecular complexity index is 1190. The van der Waals surface area contributed by atoms with Crippen LogP contribution in [0, 0.1) is 11.3 Å². The first-order chi connectivity index (χ1) is 15.7. The standard InChI is InChI=1S/C27H25N3O2/c1-32-23-9-6-19(7-10-23)26(18-28)29-12-14-30(15-13-29)27(31)21-8-11-25-22(17-21)16-20-4-2-3-5-24(20)25/h2-11,17,26H,12-16H2,1H3. The molecule has 160 valence electrons. The Morgan fingerprint density at radius 3 is 2.38 bits per heavy atom. The summed E-state index contributed by atoms with van der Waals surface area (Å²) in [6.45, 7) is 2.58. The number of carbonyl (C=O) groups excluding carboxylic acids is 1. The highest BCUT2D eigenvalue weighted by molar-refractivity contribution is 5.95. The van der Waals surface area contributed by atoms with Gasteiger partial charge in [0.1, 0.15) is 11.8 Å². The third kappa shape index (κ3) is 3.63. The topological polar surface area (TPSA) is 56.6 Å². The van der Waals surface area contributed by atoms with E-state index >= 15 is 0 Å². The molecule has 1 aliphatic carbocycles. The van der Waals surface area contributed by atoms with E-state index in [1.54, 1.807) is 7.11 Å². The van der Waals surface area contributed by atoms with Crippen molar-refractivity contribution in [3.8, 4) is 22.9 Å². The number of amides is 1. The van der Waals surface area contributed by atoms with Crippen LogP contribution >= 0.6 is 0 Å². The number of fused-ring (bicyclic) bond motifs is 3. The van der Waals surface area contributed by atoms with Gasteiger partial charge >= 0.3 is 0 Å². The van der Waals surface area contributed by atoms with Crippen molar-refractivity contribution in [3.63, 3.8) is 0 Å². The van der Waals surface area contributed by atoms with Crippen LogP contribution in [0.25, 0.3) is 11.1 Å². The molecule has 5 rings (SSSR count). The maximum atomic E-state index is 13.2. The quantitative estimate of drug-likeness (QED) is 0.491. The van der Waals surface area contributed by atoms with E-state index in [-0.39, 0.29) is 11.9 Å². The van der Waals surface area contributed by atoms with Crippen molar-refractivity contribution in [2.75, 3.05) is 33.3 Å². The monoisotopic (exact) mass is 423 g/mol. The molecule has 1 aliphatic heterocycles. The van der Waals surface area contributed by atoms with Crippen molar-refractivity contribution < 1.29 is 9.53 Å². The minimum Gasteiger partial charge on any atom is -0.497 e. The minimum atomic E-state index is -0.323. The predicted octanol–water partition coefficient (Wildman–Crippen LogP) is 4.29. The number of hydrogen-bond acceptors (Lipinski definition) is 4. The molecular formula is C27H25N3O2. The summed E-state index contributed by atoms with van der Waals surface area (Å²) < 4.78 is 5.22. The van der Waals surface area contributed by atoms with Gasteiger partial charge in [-0.25, -0.2) is 0 Å². The molecule has 0 N–H and O–H groups in total. The van der Waals surface area contributed by atoms with E-state index in [2.05, 4.69) is 47.4 Å². The van der Waals surface area contributed by atoms with Gasteiger partial charge in [0.25, 0.3) is 5.91 Å². The molecular weight excluding hydrogens is 398 g/mol. The number of methoxy groups -OCH3 is 1. The maximum Gasteiger partial charge on any atom is 0.253 e. The van der Waals surface area contributed by atoms with Gasteiger partial charge in [0.05, 0.1) is 13.2 Å². The molecule has 1 amide bonds. The normalized spacial score (nSPS) is 16.1. The largest absolute Gasteiger partial charge is 0.497 e. The molecule has 3 aromatic carbocycles. The molecule has 0 bridgehead atoms. The highest BCUT2D eigenvalue weighted by Crippen LogP contribution is 2.37. The number of ether oxygens (including phenoxy) is 1. The van der Waals surface area contributed by atoms with E-state index in [0.717, 1.165) is 23.3 Å². The molecule has 3 aromatic rings. The van der Waals surface area contributed by atoms with Crippen LogP contribution in [0.4, 0.5) is 0 Å². The van der Waals surface area contributed by atoms with Gasteiger partial charge < -0.3 is 9.64 Å². The first-order valence-electron chi connectivity index (χ1n) is 11.0. The van der Waals surface area contributed by atoms with Gasteiger partial charge in [-0.15, -0.1) is 0 Å². The lowest BCUT2D eigenvalue weighted by molar-refractivity contribution is 0.0606. The predicted molar refractivity (Wildman–Crippen MR) is 124 cm³/mol. The summed E-state index contributed by atoms with van der Waals surface area (Å²) in [4.78, 5) is 17.2. The number of hydrogen-bond donors (Lipinski definition) is 0. The zero-order valence-electron chi connectivity index (χ0n) is 18.1. The molecule has 1 heterocycles. The molecule has 0 radical (unpaired) electrons. The summed E-state index contributed by atoms with van der Waals surface area (Å²) >= 11 is 0. The highest BCUT2D eigenvalue weighted by atomic mass is 16.5. The highest BCUT2D eigenvalue weighted by Gasteiger charge is 2.28. The smallest absolute Gasteiger partial charge is 0.253 e. The minimum absolute atomic E-state index is 0.0707. The van der Waals surface area contributed by atoms with Crippen molar-refractivity contribution >= 4 is 5.91 Å². The first-order valence-corrected chi connectivity index (χ1v) is 11.0. The lowest BCUT2D eigenvalue weighted by Gasteiger charge is -2.37. The van der Waals surface area contributed by atoms with Gasteiger partial charge in [0.2, 0.25) is 0 Å². The van der Waals surface area contributed by atoms with Crippen molar-refractivity contribution in [2.24, 2.45) is 0 Å². The Morgan fingerprint density at radius 2 is 1.66 bits per heavy atom. The Labute approximate surface area is 188 Å². The third-order valence-electron chi connectivity index (χ3n) is 6.56. The van der Waals surface area contributed by atoms with Crippen LogP contribution in [-0.2, 0) is 6.42 Å². The number of nitrogens with zero attached hydrogens (tertiary/aromatic N) is 3. The molecule has 1 saturated heterocycles. The van der Waals surface area contributed by atoms with Crippen LogP contribution in [0.5, 0.6) is 5.75 Å². The molecule has 5 nitrogen and oxygen atoms in total. The lowest BCUT2D eigenvalue weighted by Crippen LogP contribution is -2.49. The number of rotatable bonds is 4. The average molecular weight is 424 g/mol. The Kier molecular flexibility index (Phi) is 5.38. The number of piperazine rings is 1. The second-order valence-corrected chi connectivity index (χ2v) is 8.34. The van der Waals surface area contributed by atoms with Crippen LogP contribution in [0.15, 0.2) is 66.7 Å². The van der Waals surface area contributed by atoms with E-state index in [0.29, 0.717) is 26.2 Å². The van der Waals surface area contributed by atoms with Gasteiger partial charge in [0.15, 0.2) is 0 Å². The number of carbonyl (C=O) groups is 1. The lowest BCUT2D eigenvalue weighted by atomic mass is 10.0. The van der Waals surface area contributed by atoms with Gasteiger partial charge in [0, 0.05) is 31.7 Å². The van der Waals surface area contributed by atoms with Crippen LogP contribution < -0.4 is 4.74 Å². The molecule has 5 heteroatoms. The summed E-state index contributed by atoms with van der Waals surface area (Å²) in [6, 6.07) is 24.3. The van der Waals surface area contributed by atoms with Gasteiger partial charge in [-0.2, -0.15) is 5.26 Å². The van der Waals surface area contributed by atoms with E-state index < -0.39 is 0 Å². The summed E-state index contributed by atoms with van der Waals surface area (Å²) in [5, 5.41) is 9.77. The summed E-state index contributed by atoms with van der Waals surface area (Å²) in [5.41, 5.74) is 6.75. The average Bonchev–Trinajstić information content (AvgIpc) is 3.23. The van der Waals surface area contributed by atoms with Gasteiger partial charge in [-0.05, 0) is 58.5 Å². The van der Waals surface area contributed by atoms with Crippen molar-refractivity contribution in [2.45, 2.75) is 12.5 Å². The second-order valence-electron chi connectivity index (χ2n) is 8.34. The molecule has 1 fully saturated rings. The molecule has 1 atom stereocenters. The molecule has 32 heavy (non-hydrogen) atoms. The Hall–Kier alpha value is -3.62. The SMILES string of the molecule is COc1ccc(C(C#N)N2CCN(C(=O)c3ccc4c(c3)Cc3ccccc3-4)CC2)cc1.